The second-order valence-corrected chi connectivity index (χ2v) is 7.87. The molecule has 4 rings (SSSR count). The molecular weight excluding hydrogens is 391 g/mol. The zero-order valence-corrected chi connectivity index (χ0v) is 16.3. The van der Waals surface area contributed by atoms with Crippen LogP contribution in [0.3, 0.4) is 0 Å². The van der Waals surface area contributed by atoms with E-state index in [2.05, 4.69) is 11.5 Å². The third-order valence-electron chi connectivity index (χ3n) is 5.81. The van der Waals surface area contributed by atoms with Gasteiger partial charge in [-0.25, -0.2) is 4.39 Å². The van der Waals surface area contributed by atoms with Crippen LogP contribution in [-0.2, 0) is 6.42 Å². The van der Waals surface area contributed by atoms with E-state index in [1.807, 2.05) is 6.07 Å². The molecule has 3 atom stereocenters. The minimum atomic E-state index is -0.418. The van der Waals surface area contributed by atoms with Gasteiger partial charge < -0.3 is 10.2 Å². The van der Waals surface area contributed by atoms with E-state index in [9.17, 15) is 14.4 Å². The fourth-order valence-corrected chi connectivity index (χ4v) is 4.67. The fraction of sp³-hybridized carbons (Fsp3) is 0.318. The number of rotatable bonds is 4. The summed E-state index contributed by atoms with van der Waals surface area (Å²) < 4.78 is 14.3. The Kier molecular flexibility index (Phi) is 5.13. The maximum atomic E-state index is 14.3. The number of fused-ring (bicyclic) bond motifs is 2. The Balaban J connectivity index is 1.54. The van der Waals surface area contributed by atoms with Crippen molar-refractivity contribution in [1.29, 1.82) is 10.5 Å². The number of carbonyl (C=O) groups excluding carboxylic acids is 1. The monoisotopic (exact) mass is 408 g/mol. The van der Waals surface area contributed by atoms with Gasteiger partial charge in [-0.2, -0.15) is 10.5 Å². The van der Waals surface area contributed by atoms with Crippen molar-refractivity contribution >= 4 is 17.5 Å². The minimum absolute atomic E-state index is 0.0453. The summed E-state index contributed by atoms with van der Waals surface area (Å²) in [6.07, 6.45) is 5.05. The lowest BCUT2D eigenvalue weighted by molar-refractivity contribution is 0.0928. The van der Waals surface area contributed by atoms with Gasteiger partial charge in [0.15, 0.2) is 6.19 Å². The average molecular weight is 409 g/mol. The Bertz CT molecular complexity index is 1060. The van der Waals surface area contributed by atoms with Crippen molar-refractivity contribution in [3.05, 3.63) is 58.4 Å². The Labute approximate surface area is 173 Å². The lowest BCUT2D eigenvalue weighted by Crippen LogP contribution is -2.43. The minimum Gasteiger partial charge on any atom is -0.347 e. The summed E-state index contributed by atoms with van der Waals surface area (Å²) in [5.41, 5.74) is 1.90. The highest BCUT2D eigenvalue weighted by atomic mass is 35.5. The van der Waals surface area contributed by atoms with Crippen molar-refractivity contribution in [3.8, 4) is 23.4 Å². The lowest BCUT2D eigenvalue weighted by atomic mass is 9.95. The van der Waals surface area contributed by atoms with Gasteiger partial charge in [0.2, 0.25) is 0 Å². The number of hydrogen-bond donors (Lipinski definition) is 1. The number of amides is 1. The third-order valence-corrected chi connectivity index (χ3v) is 6.12. The summed E-state index contributed by atoms with van der Waals surface area (Å²) >= 11 is 6.35. The summed E-state index contributed by atoms with van der Waals surface area (Å²) in [4.78, 5) is 14.5. The van der Waals surface area contributed by atoms with E-state index < -0.39 is 5.82 Å². The highest BCUT2D eigenvalue weighted by Crippen LogP contribution is 2.37. The maximum absolute atomic E-state index is 14.3. The highest BCUT2D eigenvalue weighted by molar-refractivity contribution is 6.34. The van der Waals surface area contributed by atoms with Crippen LogP contribution < -0.4 is 5.32 Å². The van der Waals surface area contributed by atoms with Crippen LogP contribution in [0.2, 0.25) is 5.02 Å². The second-order valence-electron chi connectivity index (χ2n) is 7.47. The molecule has 1 N–H and O–H groups in total. The van der Waals surface area contributed by atoms with Gasteiger partial charge in [-0.3, -0.25) is 4.79 Å². The Morgan fingerprint density at radius 1 is 1.24 bits per heavy atom. The molecule has 2 aliphatic heterocycles. The predicted molar refractivity (Wildman–Crippen MR) is 106 cm³/mol. The van der Waals surface area contributed by atoms with E-state index in [0.29, 0.717) is 22.3 Å². The molecule has 5 nitrogen and oxygen atoms in total. The van der Waals surface area contributed by atoms with E-state index in [1.54, 1.807) is 35.2 Å². The maximum Gasteiger partial charge on any atom is 0.253 e. The first-order chi connectivity index (χ1) is 14.0. The van der Waals surface area contributed by atoms with Gasteiger partial charge in [0.05, 0.1) is 35.2 Å². The summed E-state index contributed by atoms with van der Waals surface area (Å²) in [6.45, 7) is 0. The van der Waals surface area contributed by atoms with Gasteiger partial charge >= 0.3 is 0 Å². The fourth-order valence-electron chi connectivity index (χ4n) is 4.41. The molecule has 2 aliphatic rings. The molecule has 0 aromatic heterocycles. The van der Waals surface area contributed by atoms with Crippen molar-refractivity contribution < 1.29 is 9.18 Å². The van der Waals surface area contributed by atoms with E-state index in [1.165, 1.54) is 6.07 Å². The van der Waals surface area contributed by atoms with Gasteiger partial charge in [0.1, 0.15) is 5.82 Å². The third kappa shape index (κ3) is 3.52. The van der Waals surface area contributed by atoms with Gasteiger partial charge in [0.25, 0.3) is 5.91 Å². The molecular formula is C22H18ClFN4O. The van der Waals surface area contributed by atoms with Crippen LogP contribution in [0.15, 0.2) is 36.4 Å². The molecule has 146 valence electrons. The molecule has 0 aliphatic carbocycles. The van der Waals surface area contributed by atoms with Crippen LogP contribution in [0.1, 0.15) is 35.2 Å². The SMILES string of the molecule is N#CCc1ccc(F)c(-c2ccc(C(=O)N[C@@H]3C[C@@H]4CC[C@H]3N4C#N)c(Cl)c2)c1. The highest BCUT2D eigenvalue weighted by Gasteiger charge is 2.46. The summed E-state index contributed by atoms with van der Waals surface area (Å²) in [5, 5.41) is 21.3. The van der Waals surface area contributed by atoms with Crippen LogP contribution >= 0.6 is 11.6 Å². The van der Waals surface area contributed by atoms with E-state index in [-0.39, 0.29) is 35.5 Å². The molecule has 2 aromatic rings. The van der Waals surface area contributed by atoms with E-state index in [0.717, 1.165) is 19.3 Å². The zero-order chi connectivity index (χ0) is 20.5. The number of carbonyl (C=O) groups is 1. The van der Waals surface area contributed by atoms with Crippen molar-refractivity contribution in [2.24, 2.45) is 0 Å². The van der Waals surface area contributed by atoms with Gasteiger partial charge in [-0.15, -0.1) is 0 Å². The van der Waals surface area contributed by atoms with E-state index >= 15 is 0 Å². The van der Waals surface area contributed by atoms with E-state index in [4.69, 9.17) is 16.9 Å². The number of nitrogens with zero attached hydrogens (tertiary/aromatic N) is 3. The van der Waals surface area contributed by atoms with Crippen molar-refractivity contribution in [1.82, 2.24) is 10.2 Å². The summed E-state index contributed by atoms with van der Waals surface area (Å²) in [6, 6.07) is 11.5. The Hall–Kier alpha value is -3.09. The lowest BCUT2D eigenvalue weighted by Gasteiger charge is -2.22. The predicted octanol–water partition coefficient (Wildman–Crippen LogP) is 4.03. The standard InChI is InChI=1S/C22H18ClFN4O/c23-18-10-14(17-9-13(7-8-25)1-5-19(17)24)2-4-16(18)22(29)27-20-11-15-3-6-21(20)28(15)12-26/h1-2,4-5,9-10,15,20-21H,3,6-7,11H2,(H,27,29)/t15-,20+,21+/m0/s1. The summed E-state index contributed by atoms with van der Waals surface area (Å²) in [5.74, 6) is -0.714. The smallest absolute Gasteiger partial charge is 0.253 e. The number of halogens is 2. The average Bonchev–Trinajstić information content (AvgIpc) is 3.26. The first kappa shape index (κ1) is 19.2. The number of hydrogen-bond acceptors (Lipinski definition) is 4. The van der Waals surface area contributed by atoms with Gasteiger partial charge in [-0.05, 0) is 54.7 Å². The molecule has 0 saturated carbocycles. The Morgan fingerprint density at radius 2 is 2.07 bits per heavy atom. The van der Waals surface area contributed by atoms with Gasteiger partial charge in [0, 0.05) is 11.6 Å². The first-order valence-electron chi connectivity index (χ1n) is 9.46. The van der Waals surface area contributed by atoms with Crippen LogP contribution in [0, 0.1) is 28.6 Å². The molecule has 0 spiro atoms. The van der Waals surface area contributed by atoms with Crippen LogP contribution in [-0.4, -0.2) is 28.9 Å². The molecule has 2 heterocycles. The number of nitriles is 2. The molecule has 1 amide bonds. The van der Waals surface area contributed by atoms with Crippen molar-refractivity contribution in [2.45, 2.75) is 43.8 Å². The van der Waals surface area contributed by atoms with Crippen LogP contribution in [0.25, 0.3) is 11.1 Å². The molecule has 2 saturated heterocycles. The zero-order valence-electron chi connectivity index (χ0n) is 15.5. The normalized spacial score (nSPS) is 22.2. The number of benzene rings is 2. The molecule has 2 aromatic carbocycles. The topological polar surface area (TPSA) is 79.9 Å². The largest absolute Gasteiger partial charge is 0.347 e. The molecule has 0 unspecified atom stereocenters. The molecule has 7 heteroatoms. The van der Waals surface area contributed by atoms with Crippen LogP contribution in [0.5, 0.6) is 0 Å². The second kappa shape index (κ2) is 7.73. The molecule has 29 heavy (non-hydrogen) atoms. The van der Waals surface area contributed by atoms with Crippen molar-refractivity contribution in [2.75, 3.05) is 0 Å². The first-order valence-corrected chi connectivity index (χ1v) is 9.84. The molecule has 0 radical (unpaired) electrons. The number of nitrogens with one attached hydrogen (secondary N) is 1. The molecule has 2 fully saturated rings. The van der Waals surface area contributed by atoms with Gasteiger partial charge in [-0.1, -0.05) is 23.7 Å². The Morgan fingerprint density at radius 3 is 2.76 bits per heavy atom. The summed E-state index contributed by atoms with van der Waals surface area (Å²) in [7, 11) is 0. The molecule has 2 bridgehead atoms. The quantitative estimate of drug-likeness (QED) is 0.774. The van der Waals surface area contributed by atoms with Crippen LogP contribution in [0.4, 0.5) is 4.39 Å². The van der Waals surface area contributed by atoms with Crippen molar-refractivity contribution in [3.63, 3.8) is 0 Å².